The molecule has 1 saturated carbocycles. The topological polar surface area (TPSA) is 15.3 Å². The van der Waals surface area contributed by atoms with E-state index < -0.39 is 0 Å². The molecule has 2 nitrogen and oxygen atoms in total. The second kappa shape index (κ2) is 6.06. The minimum Gasteiger partial charge on any atom is -0.310 e. The average molecular weight is 258 g/mol. The van der Waals surface area contributed by atoms with Crippen LogP contribution < -0.4 is 5.32 Å². The highest BCUT2D eigenvalue weighted by molar-refractivity contribution is 5.22. The Labute approximate surface area is 117 Å². The zero-order valence-electron chi connectivity index (χ0n) is 12.1. The number of hydrogen-bond donors (Lipinski definition) is 1. The molecule has 1 aromatic rings. The minimum absolute atomic E-state index is 0.733. The molecule has 1 saturated heterocycles. The zero-order chi connectivity index (χ0) is 13.1. The third-order valence-corrected chi connectivity index (χ3v) is 4.39. The lowest BCUT2D eigenvalue weighted by Gasteiger charge is -2.33. The Morgan fingerprint density at radius 1 is 1.05 bits per heavy atom. The highest BCUT2D eigenvalue weighted by Gasteiger charge is 2.27. The van der Waals surface area contributed by atoms with Crippen LogP contribution in [0, 0.1) is 0 Å². The summed E-state index contributed by atoms with van der Waals surface area (Å²) in [4.78, 5) is 2.62. The van der Waals surface area contributed by atoms with Gasteiger partial charge < -0.3 is 5.32 Å². The molecule has 1 heterocycles. The van der Waals surface area contributed by atoms with Crippen molar-refractivity contribution in [3.05, 3.63) is 35.4 Å². The lowest BCUT2D eigenvalue weighted by Crippen LogP contribution is -2.46. The minimum atomic E-state index is 0.733. The van der Waals surface area contributed by atoms with Gasteiger partial charge in [-0.3, -0.25) is 4.90 Å². The summed E-state index contributed by atoms with van der Waals surface area (Å²) in [5.41, 5.74) is 2.90. The first-order chi connectivity index (χ1) is 9.33. The second-order valence-electron chi connectivity index (χ2n) is 6.19. The first-order valence-corrected chi connectivity index (χ1v) is 7.89. The van der Waals surface area contributed by atoms with Crippen LogP contribution in [0.25, 0.3) is 0 Å². The summed E-state index contributed by atoms with van der Waals surface area (Å²) in [6, 6.07) is 10.7. The van der Waals surface area contributed by atoms with E-state index in [1.807, 2.05) is 0 Å². The smallest absolute Gasteiger partial charge is 0.0234 e. The molecule has 104 valence electrons. The zero-order valence-corrected chi connectivity index (χ0v) is 12.1. The van der Waals surface area contributed by atoms with Gasteiger partial charge in [-0.05, 0) is 49.8 Å². The van der Waals surface area contributed by atoms with E-state index in [1.165, 1.54) is 49.9 Å². The van der Waals surface area contributed by atoms with Gasteiger partial charge in [-0.15, -0.1) is 0 Å². The normalized spacial score (nSPS) is 24.6. The van der Waals surface area contributed by atoms with E-state index in [0.717, 1.165) is 25.0 Å². The van der Waals surface area contributed by atoms with Crippen molar-refractivity contribution in [2.24, 2.45) is 0 Å². The van der Waals surface area contributed by atoms with Crippen LogP contribution >= 0.6 is 0 Å². The van der Waals surface area contributed by atoms with Crippen molar-refractivity contribution in [3.63, 3.8) is 0 Å². The van der Waals surface area contributed by atoms with Gasteiger partial charge in [0.2, 0.25) is 0 Å². The molecule has 1 aliphatic carbocycles. The van der Waals surface area contributed by atoms with Crippen LogP contribution in [0.5, 0.6) is 0 Å². The van der Waals surface area contributed by atoms with Crippen LogP contribution in [0.1, 0.15) is 43.7 Å². The fourth-order valence-corrected chi connectivity index (χ4v) is 3.06. The molecular formula is C17H26N2. The van der Waals surface area contributed by atoms with Gasteiger partial charge in [0.1, 0.15) is 0 Å². The largest absolute Gasteiger partial charge is 0.310 e. The van der Waals surface area contributed by atoms with Crippen LogP contribution in [-0.2, 0) is 13.0 Å². The molecule has 0 radical (unpaired) electrons. The standard InChI is InChI=1S/C17H26N2/c1-2-14-5-7-15(8-6-14)12-19-11-3-4-17(13-19)18-16-9-10-16/h5-8,16-18H,2-4,9-13H2,1H3. The summed E-state index contributed by atoms with van der Waals surface area (Å²) >= 11 is 0. The van der Waals surface area contributed by atoms with E-state index in [0.29, 0.717) is 0 Å². The number of nitrogens with one attached hydrogen (secondary N) is 1. The highest BCUT2D eigenvalue weighted by atomic mass is 15.2. The lowest BCUT2D eigenvalue weighted by molar-refractivity contribution is 0.182. The SMILES string of the molecule is CCc1ccc(CN2CCCC(NC3CC3)C2)cc1. The first-order valence-electron chi connectivity index (χ1n) is 7.89. The number of rotatable bonds is 5. The molecule has 3 rings (SSSR count). The van der Waals surface area contributed by atoms with Gasteiger partial charge in [-0.1, -0.05) is 31.2 Å². The van der Waals surface area contributed by atoms with Crippen molar-refractivity contribution in [3.8, 4) is 0 Å². The molecule has 2 fully saturated rings. The van der Waals surface area contributed by atoms with E-state index in [9.17, 15) is 0 Å². The van der Waals surface area contributed by atoms with Crippen LogP contribution in [0.3, 0.4) is 0 Å². The summed E-state index contributed by atoms with van der Waals surface area (Å²) in [6.45, 7) is 5.82. The number of likely N-dealkylation sites (tertiary alicyclic amines) is 1. The van der Waals surface area contributed by atoms with Crippen molar-refractivity contribution in [2.75, 3.05) is 13.1 Å². The molecule has 1 aliphatic heterocycles. The second-order valence-corrected chi connectivity index (χ2v) is 6.19. The summed E-state index contributed by atoms with van der Waals surface area (Å²) < 4.78 is 0. The monoisotopic (exact) mass is 258 g/mol. The van der Waals surface area contributed by atoms with E-state index in [-0.39, 0.29) is 0 Å². The third kappa shape index (κ3) is 3.80. The number of aryl methyl sites for hydroxylation is 1. The Hall–Kier alpha value is -0.860. The Morgan fingerprint density at radius 2 is 1.79 bits per heavy atom. The summed E-state index contributed by atoms with van der Waals surface area (Å²) in [5.74, 6) is 0. The molecule has 2 aliphatic rings. The van der Waals surface area contributed by atoms with Gasteiger partial charge in [0, 0.05) is 25.2 Å². The van der Waals surface area contributed by atoms with Crippen LogP contribution in [0.2, 0.25) is 0 Å². The predicted molar refractivity (Wildman–Crippen MR) is 80.3 cm³/mol. The predicted octanol–water partition coefficient (Wildman–Crippen LogP) is 2.97. The maximum absolute atomic E-state index is 3.79. The third-order valence-electron chi connectivity index (χ3n) is 4.39. The van der Waals surface area contributed by atoms with Crippen LogP contribution in [0.15, 0.2) is 24.3 Å². The summed E-state index contributed by atoms with van der Waals surface area (Å²) in [5, 5.41) is 3.79. The Morgan fingerprint density at radius 3 is 2.47 bits per heavy atom. The number of benzene rings is 1. The van der Waals surface area contributed by atoms with Crippen molar-refractivity contribution >= 4 is 0 Å². The van der Waals surface area contributed by atoms with Gasteiger partial charge in [0.25, 0.3) is 0 Å². The molecule has 1 atom stereocenters. The van der Waals surface area contributed by atoms with Gasteiger partial charge in [-0.2, -0.15) is 0 Å². The molecular weight excluding hydrogens is 232 g/mol. The number of piperidine rings is 1. The quantitative estimate of drug-likeness (QED) is 0.873. The maximum atomic E-state index is 3.79. The molecule has 0 aromatic heterocycles. The van der Waals surface area contributed by atoms with Crippen molar-refractivity contribution in [1.29, 1.82) is 0 Å². The molecule has 1 N–H and O–H groups in total. The Balaban J connectivity index is 1.52. The number of nitrogens with zero attached hydrogens (tertiary/aromatic N) is 1. The summed E-state index contributed by atoms with van der Waals surface area (Å²) in [6.07, 6.45) is 6.64. The van der Waals surface area contributed by atoms with E-state index >= 15 is 0 Å². The Kier molecular flexibility index (Phi) is 4.19. The molecule has 2 heteroatoms. The Bertz CT molecular complexity index is 394. The van der Waals surface area contributed by atoms with Crippen molar-refractivity contribution in [1.82, 2.24) is 10.2 Å². The van der Waals surface area contributed by atoms with Crippen molar-refractivity contribution < 1.29 is 0 Å². The maximum Gasteiger partial charge on any atom is 0.0234 e. The van der Waals surface area contributed by atoms with Crippen LogP contribution in [-0.4, -0.2) is 30.1 Å². The molecule has 1 unspecified atom stereocenters. The summed E-state index contributed by atoms with van der Waals surface area (Å²) in [7, 11) is 0. The highest BCUT2D eigenvalue weighted by Crippen LogP contribution is 2.22. The molecule has 1 aromatic carbocycles. The van der Waals surface area contributed by atoms with Gasteiger partial charge in [0.05, 0.1) is 0 Å². The fraction of sp³-hybridized carbons (Fsp3) is 0.647. The molecule has 0 bridgehead atoms. The molecule has 0 amide bonds. The lowest BCUT2D eigenvalue weighted by atomic mass is 10.0. The average Bonchev–Trinajstić information content (AvgIpc) is 3.24. The van der Waals surface area contributed by atoms with Gasteiger partial charge in [0.15, 0.2) is 0 Å². The van der Waals surface area contributed by atoms with Gasteiger partial charge in [-0.25, -0.2) is 0 Å². The van der Waals surface area contributed by atoms with Crippen molar-refractivity contribution in [2.45, 2.75) is 57.7 Å². The molecule has 19 heavy (non-hydrogen) atoms. The fourth-order valence-electron chi connectivity index (χ4n) is 3.06. The number of hydrogen-bond acceptors (Lipinski definition) is 2. The van der Waals surface area contributed by atoms with Gasteiger partial charge >= 0.3 is 0 Å². The van der Waals surface area contributed by atoms with E-state index in [1.54, 1.807) is 0 Å². The first kappa shape index (κ1) is 13.1. The van der Waals surface area contributed by atoms with E-state index in [2.05, 4.69) is 41.4 Å². The van der Waals surface area contributed by atoms with Crippen LogP contribution in [0.4, 0.5) is 0 Å². The van der Waals surface area contributed by atoms with E-state index in [4.69, 9.17) is 0 Å². The molecule has 0 spiro atoms.